The summed E-state index contributed by atoms with van der Waals surface area (Å²) in [4.78, 5) is 40.7. The number of fused-ring (bicyclic) bond motifs is 1. The van der Waals surface area contributed by atoms with Gasteiger partial charge in [-0.25, -0.2) is 4.98 Å². The number of nitrogens with one attached hydrogen (secondary N) is 1. The number of nitrogens with zero attached hydrogens (tertiary/aromatic N) is 2. The van der Waals surface area contributed by atoms with Crippen LogP contribution < -0.4 is 10.9 Å². The number of carbonyl (C=O) groups excluding carboxylic acids is 2. The van der Waals surface area contributed by atoms with Gasteiger partial charge in [0.25, 0.3) is 5.56 Å². The van der Waals surface area contributed by atoms with Crippen LogP contribution in [-0.2, 0) is 9.59 Å². The fourth-order valence-corrected chi connectivity index (χ4v) is 3.85. The van der Waals surface area contributed by atoms with Gasteiger partial charge in [-0.05, 0) is 35.3 Å². The van der Waals surface area contributed by atoms with Crippen LogP contribution in [0.5, 0.6) is 0 Å². The lowest BCUT2D eigenvalue weighted by molar-refractivity contribution is -0.135. The molecule has 20 heavy (non-hydrogen) atoms. The third-order valence-corrected chi connectivity index (χ3v) is 4.80. The first-order chi connectivity index (χ1) is 9.47. The van der Waals surface area contributed by atoms with Crippen LogP contribution in [-0.4, -0.2) is 21.4 Å². The quantitative estimate of drug-likeness (QED) is 0.786. The number of piperidine rings is 1. The van der Waals surface area contributed by atoms with Gasteiger partial charge >= 0.3 is 0 Å². The first kappa shape index (κ1) is 13.4. The molecule has 1 atom stereocenters. The maximum absolute atomic E-state index is 12.5. The summed E-state index contributed by atoms with van der Waals surface area (Å²) in [6, 6.07) is 1.03. The lowest BCUT2D eigenvalue weighted by atomic mass is 10.1. The predicted molar refractivity (Wildman–Crippen MR) is 77.7 cm³/mol. The average Bonchev–Trinajstić information content (AvgIpc) is 2.72. The monoisotopic (exact) mass is 355 g/mol. The van der Waals surface area contributed by atoms with Crippen molar-refractivity contribution in [2.75, 3.05) is 0 Å². The molecule has 1 saturated heterocycles. The lowest BCUT2D eigenvalue weighted by Gasteiger charge is -2.24. The molecule has 1 unspecified atom stereocenters. The molecule has 0 bridgehead atoms. The number of amides is 2. The zero-order valence-electron chi connectivity index (χ0n) is 10.5. The fourth-order valence-electron chi connectivity index (χ4n) is 2.36. The Bertz CT molecular complexity index is 795. The summed E-state index contributed by atoms with van der Waals surface area (Å²) < 4.78 is 2.20. The van der Waals surface area contributed by atoms with E-state index in [1.54, 1.807) is 13.0 Å². The second kappa shape index (κ2) is 4.78. The summed E-state index contributed by atoms with van der Waals surface area (Å²) in [5.41, 5.74) is -0.246. The fraction of sp³-hybridized carbons (Fsp3) is 0.333. The molecule has 1 N–H and O–H groups in total. The van der Waals surface area contributed by atoms with E-state index >= 15 is 0 Å². The highest BCUT2D eigenvalue weighted by Crippen LogP contribution is 2.27. The number of rotatable bonds is 1. The molecule has 1 aliphatic heterocycles. The molecular weight excluding hydrogens is 346 g/mol. The Morgan fingerprint density at radius 1 is 1.45 bits per heavy atom. The van der Waals surface area contributed by atoms with Gasteiger partial charge in [0.15, 0.2) is 0 Å². The van der Waals surface area contributed by atoms with Gasteiger partial charge in [0.1, 0.15) is 16.7 Å². The van der Waals surface area contributed by atoms with Gasteiger partial charge in [-0.3, -0.25) is 24.3 Å². The largest absolute Gasteiger partial charge is 0.295 e. The summed E-state index contributed by atoms with van der Waals surface area (Å²) in [5, 5.41) is 2.75. The molecule has 8 heteroatoms. The van der Waals surface area contributed by atoms with Crippen LogP contribution in [0.15, 0.2) is 14.6 Å². The minimum atomic E-state index is -0.671. The van der Waals surface area contributed by atoms with Crippen molar-refractivity contribution in [1.82, 2.24) is 14.9 Å². The van der Waals surface area contributed by atoms with Crippen LogP contribution in [0.3, 0.4) is 0 Å². The van der Waals surface area contributed by atoms with Crippen LogP contribution in [0, 0.1) is 6.92 Å². The van der Waals surface area contributed by atoms with Gasteiger partial charge in [-0.15, -0.1) is 11.3 Å². The van der Waals surface area contributed by atoms with Crippen LogP contribution in [0.4, 0.5) is 0 Å². The summed E-state index contributed by atoms with van der Waals surface area (Å²) in [6.07, 6.45) is 0.553. The summed E-state index contributed by atoms with van der Waals surface area (Å²) in [7, 11) is 0. The minimum absolute atomic E-state index is 0.230. The second-order valence-corrected chi connectivity index (χ2v) is 6.98. The number of hydrogen-bond donors (Lipinski definition) is 1. The Hall–Kier alpha value is -1.54. The van der Waals surface area contributed by atoms with Crippen molar-refractivity contribution in [2.45, 2.75) is 25.8 Å². The molecule has 0 aromatic carbocycles. The molecule has 0 saturated carbocycles. The smallest absolute Gasteiger partial charge is 0.263 e. The Balaban J connectivity index is 2.18. The van der Waals surface area contributed by atoms with E-state index < -0.39 is 11.9 Å². The number of imide groups is 1. The number of aromatic nitrogens is 2. The molecule has 3 heterocycles. The number of halogens is 1. The third-order valence-electron chi connectivity index (χ3n) is 3.27. The molecule has 1 aliphatic rings. The van der Waals surface area contributed by atoms with E-state index in [-0.39, 0.29) is 17.9 Å². The number of aryl methyl sites for hydroxylation is 1. The summed E-state index contributed by atoms with van der Waals surface area (Å²) >= 11 is 4.70. The maximum Gasteiger partial charge on any atom is 0.263 e. The Kier molecular flexibility index (Phi) is 3.21. The zero-order chi connectivity index (χ0) is 14.4. The average molecular weight is 356 g/mol. The molecule has 0 spiro atoms. The second-order valence-electron chi connectivity index (χ2n) is 4.57. The van der Waals surface area contributed by atoms with Crippen LogP contribution in [0.2, 0.25) is 0 Å². The van der Waals surface area contributed by atoms with Gasteiger partial charge in [0, 0.05) is 6.42 Å². The van der Waals surface area contributed by atoms with E-state index in [4.69, 9.17) is 0 Å². The van der Waals surface area contributed by atoms with Crippen molar-refractivity contribution < 1.29 is 9.59 Å². The van der Waals surface area contributed by atoms with Gasteiger partial charge in [-0.1, -0.05) is 0 Å². The zero-order valence-corrected chi connectivity index (χ0v) is 12.9. The molecule has 1 fully saturated rings. The van der Waals surface area contributed by atoms with Gasteiger partial charge in [0.2, 0.25) is 11.8 Å². The number of carbonyl (C=O) groups is 2. The maximum atomic E-state index is 12.5. The molecule has 2 amide bonds. The summed E-state index contributed by atoms with van der Waals surface area (Å²) in [6.45, 7) is 1.69. The normalized spacial score (nSPS) is 19.4. The molecule has 0 radical (unpaired) electrons. The molecule has 104 valence electrons. The highest BCUT2D eigenvalue weighted by molar-refractivity contribution is 9.11. The van der Waals surface area contributed by atoms with Crippen molar-refractivity contribution in [3.63, 3.8) is 0 Å². The van der Waals surface area contributed by atoms with Crippen molar-refractivity contribution in [3.8, 4) is 0 Å². The molecule has 3 rings (SSSR count). The Labute approximate surface area is 125 Å². The van der Waals surface area contributed by atoms with Gasteiger partial charge in [-0.2, -0.15) is 0 Å². The molecule has 2 aromatic rings. The molecule has 0 aliphatic carbocycles. The number of thiophene rings is 1. The van der Waals surface area contributed by atoms with E-state index in [1.165, 1.54) is 15.9 Å². The van der Waals surface area contributed by atoms with Crippen LogP contribution in [0.1, 0.15) is 24.7 Å². The first-order valence-electron chi connectivity index (χ1n) is 5.99. The molecule has 2 aromatic heterocycles. The third kappa shape index (κ3) is 2.08. The van der Waals surface area contributed by atoms with Gasteiger partial charge in [0.05, 0.1) is 9.17 Å². The van der Waals surface area contributed by atoms with E-state index in [1.807, 2.05) is 0 Å². The standard InChI is InChI=1S/C12H10BrN3O3S/c1-5-14-11-6(4-8(13)20-11)12(19)16(5)7-2-3-9(17)15-10(7)18/h4,7H,2-3H2,1H3,(H,15,17,18). The topological polar surface area (TPSA) is 81.1 Å². The highest BCUT2D eigenvalue weighted by Gasteiger charge is 2.30. The van der Waals surface area contributed by atoms with Crippen LogP contribution in [0.25, 0.3) is 10.2 Å². The van der Waals surface area contributed by atoms with Crippen LogP contribution >= 0.6 is 27.3 Å². The molecule has 6 nitrogen and oxygen atoms in total. The van der Waals surface area contributed by atoms with Gasteiger partial charge < -0.3 is 0 Å². The lowest BCUT2D eigenvalue weighted by Crippen LogP contribution is -2.45. The minimum Gasteiger partial charge on any atom is -0.295 e. The van der Waals surface area contributed by atoms with Crippen molar-refractivity contribution >= 4 is 49.3 Å². The van der Waals surface area contributed by atoms with Crippen molar-refractivity contribution in [3.05, 3.63) is 26.0 Å². The van der Waals surface area contributed by atoms with Crippen molar-refractivity contribution in [1.29, 1.82) is 0 Å². The Morgan fingerprint density at radius 3 is 2.90 bits per heavy atom. The number of hydrogen-bond acceptors (Lipinski definition) is 5. The highest BCUT2D eigenvalue weighted by atomic mass is 79.9. The first-order valence-corrected chi connectivity index (χ1v) is 7.60. The predicted octanol–water partition coefficient (Wildman–Crippen LogP) is 1.51. The SMILES string of the molecule is Cc1nc2sc(Br)cc2c(=O)n1C1CCC(=O)NC1=O. The van der Waals surface area contributed by atoms with Crippen molar-refractivity contribution in [2.24, 2.45) is 0 Å². The van der Waals surface area contributed by atoms with E-state index in [9.17, 15) is 14.4 Å². The van der Waals surface area contributed by atoms with E-state index in [2.05, 4.69) is 26.2 Å². The van der Waals surface area contributed by atoms with E-state index in [0.29, 0.717) is 22.5 Å². The summed E-state index contributed by atoms with van der Waals surface area (Å²) in [5.74, 6) is -0.266. The molecular formula is C12H10BrN3O3S. The Morgan fingerprint density at radius 2 is 2.20 bits per heavy atom. The van der Waals surface area contributed by atoms with E-state index in [0.717, 1.165) is 3.79 Å².